The lowest BCUT2D eigenvalue weighted by Gasteiger charge is -2.31. The fourth-order valence-corrected chi connectivity index (χ4v) is 5.41. The van der Waals surface area contributed by atoms with Gasteiger partial charge in [0.15, 0.2) is 5.69 Å². The second-order valence-corrected chi connectivity index (χ2v) is 9.86. The highest BCUT2D eigenvalue weighted by Crippen LogP contribution is 2.28. The van der Waals surface area contributed by atoms with Crippen LogP contribution in [-0.4, -0.2) is 57.8 Å². The molecule has 32 heavy (non-hydrogen) atoms. The average molecular weight is 477 g/mol. The van der Waals surface area contributed by atoms with E-state index < -0.39 is 27.8 Å². The zero-order valence-corrected chi connectivity index (χ0v) is 19.0. The van der Waals surface area contributed by atoms with Gasteiger partial charge in [-0.3, -0.25) is 14.2 Å². The smallest absolute Gasteiger partial charge is 0.356 e. The van der Waals surface area contributed by atoms with Crippen molar-refractivity contribution in [2.45, 2.75) is 50.7 Å². The van der Waals surface area contributed by atoms with Crippen LogP contribution in [0.1, 0.15) is 36.3 Å². The largest absolute Gasteiger partial charge is 0.435 e. The van der Waals surface area contributed by atoms with Gasteiger partial charge < -0.3 is 5.32 Å². The molecule has 9 nitrogen and oxygen atoms in total. The number of sulfonamides is 1. The predicted octanol–water partition coefficient (Wildman–Crippen LogP) is 1.86. The molecule has 1 amide bonds. The molecule has 1 fully saturated rings. The molecule has 1 aliphatic heterocycles. The van der Waals surface area contributed by atoms with E-state index >= 15 is 0 Å². The Morgan fingerprint density at radius 3 is 2.62 bits per heavy atom. The summed E-state index contributed by atoms with van der Waals surface area (Å²) in [4.78, 5) is 12.7. The van der Waals surface area contributed by atoms with Crippen molar-refractivity contribution in [2.75, 3.05) is 19.6 Å². The maximum Gasteiger partial charge on any atom is 0.435 e. The van der Waals surface area contributed by atoms with E-state index in [9.17, 15) is 26.4 Å². The minimum atomic E-state index is -4.49. The Morgan fingerprint density at radius 2 is 2.03 bits per heavy atom. The number of piperidine rings is 1. The molecule has 1 N–H and O–H groups in total. The molecule has 0 saturated carbocycles. The number of aryl methyl sites for hydroxylation is 3. The van der Waals surface area contributed by atoms with E-state index in [1.807, 2.05) is 0 Å². The van der Waals surface area contributed by atoms with Gasteiger partial charge in [0.05, 0.1) is 17.8 Å². The minimum Gasteiger partial charge on any atom is -0.356 e. The van der Waals surface area contributed by atoms with Crippen LogP contribution in [0.15, 0.2) is 17.2 Å². The summed E-state index contributed by atoms with van der Waals surface area (Å²) in [7, 11) is -2.09. The van der Waals surface area contributed by atoms with E-state index in [-0.39, 0.29) is 30.4 Å². The van der Waals surface area contributed by atoms with E-state index in [2.05, 4.69) is 15.5 Å². The van der Waals surface area contributed by atoms with Gasteiger partial charge in [-0.1, -0.05) is 0 Å². The van der Waals surface area contributed by atoms with Crippen molar-refractivity contribution < 1.29 is 26.4 Å². The third-order valence-corrected chi connectivity index (χ3v) is 7.65. The zero-order valence-electron chi connectivity index (χ0n) is 18.2. The number of nitrogens with one attached hydrogen (secondary N) is 1. The molecular formula is C19H27F3N6O3S. The number of nitrogens with zero attached hydrogens (tertiary/aromatic N) is 5. The second kappa shape index (κ2) is 9.22. The molecule has 2 aromatic heterocycles. The molecule has 3 heterocycles. The third kappa shape index (κ3) is 5.14. The normalized spacial score (nSPS) is 18.1. The second-order valence-electron chi connectivity index (χ2n) is 7.96. The van der Waals surface area contributed by atoms with Crippen LogP contribution in [0.3, 0.4) is 0 Å². The van der Waals surface area contributed by atoms with Gasteiger partial charge in [0.2, 0.25) is 15.9 Å². The predicted molar refractivity (Wildman–Crippen MR) is 109 cm³/mol. The summed E-state index contributed by atoms with van der Waals surface area (Å²) in [6.45, 7) is 4.11. The first-order chi connectivity index (χ1) is 14.9. The molecule has 1 atom stereocenters. The van der Waals surface area contributed by atoms with Crippen LogP contribution >= 0.6 is 0 Å². The van der Waals surface area contributed by atoms with E-state index in [4.69, 9.17) is 0 Å². The standard InChI is InChI=1S/C19H27F3N6O3S/c1-13-10-17(19(20,21)22)25-28(13)9-5-7-23-18(29)15-6-4-8-27(12-15)32(30,31)16-11-24-26(3)14(16)2/h10-11,15H,4-9,12H2,1-3H3,(H,23,29)/t15-/m1/s1. The van der Waals surface area contributed by atoms with Gasteiger partial charge in [0, 0.05) is 38.9 Å². The van der Waals surface area contributed by atoms with Gasteiger partial charge in [-0.25, -0.2) is 8.42 Å². The molecule has 0 bridgehead atoms. The molecule has 0 unspecified atom stereocenters. The SMILES string of the molecule is Cc1c(S(=O)(=O)N2CCC[C@@H](C(=O)NCCCn3nc(C(F)(F)F)cc3C)C2)cnn1C. The lowest BCUT2D eigenvalue weighted by atomic mass is 9.99. The monoisotopic (exact) mass is 476 g/mol. The van der Waals surface area contributed by atoms with Crippen LogP contribution in [0.4, 0.5) is 13.2 Å². The van der Waals surface area contributed by atoms with Crippen LogP contribution in [-0.2, 0) is 34.6 Å². The van der Waals surface area contributed by atoms with Crippen molar-refractivity contribution in [2.24, 2.45) is 13.0 Å². The first-order valence-corrected chi connectivity index (χ1v) is 11.7. The number of carbonyl (C=O) groups excluding carboxylic acids is 1. The van der Waals surface area contributed by atoms with Crippen LogP contribution in [0, 0.1) is 19.8 Å². The highest BCUT2D eigenvalue weighted by atomic mass is 32.2. The Balaban J connectivity index is 1.53. The third-order valence-electron chi connectivity index (χ3n) is 5.68. The molecule has 0 radical (unpaired) electrons. The first kappa shape index (κ1) is 24.2. The Kier molecular flexibility index (Phi) is 6.98. The van der Waals surface area contributed by atoms with Crippen molar-refractivity contribution in [1.82, 2.24) is 29.2 Å². The number of hydrogen-bond donors (Lipinski definition) is 1. The molecule has 3 rings (SSSR count). The van der Waals surface area contributed by atoms with Crippen molar-refractivity contribution in [3.8, 4) is 0 Å². The van der Waals surface area contributed by atoms with E-state index in [0.717, 1.165) is 6.07 Å². The van der Waals surface area contributed by atoms with Gasteiger partial charge in [-0.2, -0.15) is 27.7 Å². The molecule has 178 valence electrons. The zero-order chi connectivity index (χ0) is 23.7. The lowest BCUT2D eigenvalue weighted by molar-refractivity contribution is -0.141. The molecular weight excluding hydrogens is 449 g/mol. The Hall–Kier alpha value is -2.41. The quantitative estimate of drug-likeness (QED) is 0.615. The summed E-state index contributed by atoms with van der Waals surface area (Å²) in [5, 5.41) is 10.3. The average Bonchev–Trinajstić information content (AvgIpc) is 3.27. The van der Waals surface area contributed by atoms with Crippen LogP contribution in [0.25, 0.3) is 0 Å². The number of amides is 1. The first-order valence-electron chi connectivity index (χ1n) is 10.3. The summed E-state index contributed by atoms with van der Waals surface area (Å²) >= 11 is 0. The van der Waals surface area contributed by atoms with Crippen LogP contribution in [0.2, 0.25) is 0 Å². The molecule has 2 aromatic rings. The van der Waals surface area contributed by atoms with Crippen molar-refractivity contribution in [1.29, 1.82) is 0 Å². The van der Waals surface area contributed by atoms with Gasteiger partial charge in [0.1, 0.15) is 4.90 Å². The molecule has 1 saturated heterocycles. The Morgan fingerprint density at radius 1 is 1.31 bits per heavy atom. The molecule has 0 spiro atoms. The summed E-state index contributed by atoms with van der Waals surface area (Å²) in [5.74, 6) is -0.750. The fourth-order valence-electron chi connectivity index (χ4n) is 3.71. The van der Waals surface area contributed by atoms with E-state index in [1.54, 1.807) is 20.9 Å². The number of alkyl halides is 3. The Labute approximate surface area is 184 Å². The van der Waals surface area contributed by atoms with E-state index in [0.29, 0.717) is 37.2 Å². The Bertz CT molecular complexity index is 1080. The summed E-state index contributed by atoms with van der Waals surface area (Å²) in [6, 6.07) is 0.986. The summed E-state index contributed by atoms with van der Waals surface area (Å²) in [5.41, 5.74) is -0.0203. The minimum absolute atomic E-state index is 0.0791. The number of carbonyl (C=O) groups is 1. The van der Waals surface area contributed by atoms with Gasteiger partial charge in [-0.15, -0.1) is 0 Å². The molecule has 1 aliphatic rings. The van der Waals surface area contributed by atoms with Gasteiger partial charge in [-0.05, 0) is 39.2 Å². The summed E-state index contributed by atoms with van der Waals surface area (Å²) < 4.78 is 68.2. The molecule has 0 aromatic carbocycles. The maximum absolute atomic E-state index is 13.0. The number of halogens is 3. The van der Waals surface area contributed by atoms with Gasteiger partial charge in [0.25, 0.3) is 0 Å². The highest BCUT2D eigenvalue weighted by molar-refractivity contribution is 7.89. The van der Waals surface area contributed by atoms with Crippen LogP contribution < -0.4 is 5.32 Å². The number of rotatable bonds is 7. The topological polar surface area (TPSA) is 102 Å². The van der Waals surface area contributed by atoms with Crippen molar-refractivity contribution in [3.05, 3.63) is 29.3 Å². The number of aromatic nitrogens is 4. The highest BCUT2D eigenvalue weighted by Gasteiger charge is 2.35. The molecule has 13 heteroatoms. The molecule has 0 aliphatic carbocycles. The van der Waals surface area contributed by atoms with Crippen LogP contribution in [0.5, 0.6) is 0 Å². The van der Waals surface area contributed by atoms with Gasteiger partial charge >= 0.3 is 6.18 Å². The lowest BCUT2D eigenvalue weighted by Crippen LogP contribution is -2.45. The summed E-state index contributed by atoms with van der Waals surface area (Å²) in [6.07, 6.45) is -1.66. The maximum atomic E-state index is 13.0. The number of hydrogen-bond acceptors (Lipinski definition) is 5. The fraction of sp³-hybridized carbons (Fsp3) is 0.632. The van der Waals surface area contributed by atoms with E-state index in [1.165, 1.54) is 19.9 Å². The van der Waals surface area contributed by atoms with Crippen molar-refractivity contribution in [3.63, 3.8) is 0 Å². The van der Waals surface area contributed by atoms with Crippen molar-refractivity contribution >= 4 is 15.9 Å².